The van der Waals surface area contributed by atoms with Gasteiger partial charge in [0.05, 0.1) is 0 Å². The topological polar surface area (TPSA) is 30.2 Å². The normalized spacial score (nSPS) is 11.1. The van der Waals surface area contributed by atoms with Gasteiger partial charge in [-0.3, -0.25) is 4.79 Å². The molecule has 0 aliphatic carbocycles. The van der Waals surface area contributed by atoms with Crippen molar-refractivity contribution >= 4 is 16.8 Å². The Balaban J connectivity index is 1.86. The second-order valence-corrected chi connectivity index (χ2v) is 5.54. The first kappa shape index (κ1) is 14.8. The van der Waals surface area contributed by atoms with Crippen LogP contribution in [-0.2, 0) is 0 Å². The third-order valence-corrected chi connectivity index (χ3v) is 3.77. The van der Waals surface area contributed by atoms with Crippen LogP contribution in [0, 0.1) is 6.92 Å². The molecule has 0 aliphatic rings. The van der Waals surface area contributed by atoms with Crippen molar-refractivity contribution in [2.75, 3.05) is 0 Å². The van der Waals surface area contributed by atoms with E-state index in [9.17, 15) is 4.79 Å². The zero-order chi connectivity index (χ0) is 14.4. The maximum Gasteiger partial charge on any atom is 0.198 e. The first-order chi connectivity index (χ1) is 9.72. The predicted octanol–water partition coefficient (Wildman–Crippen LogP) is 5.67. The zero-order valence-corrected chi connectivity index (χ0v) is 12.6. The predicted molar refractivity (Wildman–Crippen MR) is 83.3 cm³/mol. The van der Waals surface area contributed by atoms with Gasteiger partial charge >= 0.3 is 0 Å². The molecule has 0 amide bonds. The van der Waals surface area contributed by atoms with Crippen LogP contribution in [0.5, 0.6) is 0 Å². The van der Waals surface area contributed by atoms with E-state index in [0.717, 1.165) is 29.4 Å². The SMILES string of the molecule is CCCCCCCCC(=O)c1cc2cccc(C)c2o1. The van der Waals surface area contributed by atoms with Gasteiger partial charge < -0.3 is 4.42 Å². The van der Waals surface area contributed by atoms with Gasteiger partial charge in [-0.1, -0.05) is 57.2 Å². The minimum Gasteiger partial charge on any atom is -0.453 e. The Labute approximate surface area is 121 Å². The molecular weight excluding hydrogens is 248 g/mol. The van der Waals surface area contributed by atoms with Gasteiger partial charge in [-0.2, -0.15) is 0 Å². The third kappa shape index (κ3) is 3.72. The molecule has 0 N–H and O–H groups in total. The number of carbonyl (C=O) groups is 1. The van der Waals surface area contributed by atoms with Crippen molar-refractivity contribution in [1.29, 1.82) is 0 Å². The Kier molecular flexibility index (Phi) is 5.40. The molecule has 2 nitrogen and oxygen atoms in total. The van der Waals surface area contributed by atoms with Gasteiger partial charge in [0.15, 0.2) is 11.5 Å². The van der Waals surface area contributed by atoms with Crippen LogP contribution in [0.25, 0.3) is 11.0 Å². The fourth-order valence-corrected chi connectivity index (χ4v) is 2.54. The number of carbonyl (C=O) groups excluding carboxylic acids is 1. The molecule has 1 aromatic carbocycles. The highest BCUT2D eigenvalue weighted by atomic mass is 16.3. The summed E-state index contributed by atoms with van der Waals surface area (Å²) >= 11 is 0. The summed E-state index contributed by atoms with van der Waals surface area (Å²) in [6.07, 6.45) is 7.80. The number of benzene rings is 1. The highest BCUT2D eigenvalue weighted by Gasteiger charge is 2.12. The average Bonchev–Trinajstić information content (AvgIpc) is 2.88. The molecule has 0 fully saturated rings. The van der Waals surface area contributed by atoms with Crippen molar-refractivity contribution < 1.29 is 9.21 Å². The maximum atomic E-state index is 12.1. The second kappa shape index (κ2) is 7.28. The molecule has 0 saturated carbocycles. The van der Waals surface area contributed by atoms with Gasteiger partial charge in [0.25, 0.3) is 0 Å². The van der Waals surface area contributed by atoms with E-state index in [-0.39, 0.29) is 5.78 Å². The molecule has 0 radical (unpaired) electrons. The van der Waals surface area contributed by atoms with Gasteiger partial charge in [-0.05, 0) is 25.0 Å². The van der Waals surface area contributed by atoms with Crippen LogP contribution in [0.4, 0.5) is 0 Å². The lowest BCUT2D eigenvalue weighted by Gasteiger charge is -1.99. The molecule has 1 heterocycles. The van der Waals surface area contributed by atoms with E-state index in [1.807, 2.05) is 31.2 Å². The fraction of sp³-hybridized carbons (Fsp3) is 0.500. The number of fused-ring (bicyclic) bond motifs is 1. The lowest BCUT2D eigenvalue weighted by Crippen LogP contribution is -1.96. The minimum atomic E-state index is 0.135. The highest BCUT2D eigenvalue weighted by Crippen LogP contribution is 2.23. The van der Waals surface area contributed by atoms with Crippen LogP contribution in [0.15, 0.2) is 28.7 Å². The first-order valence-electron chi connectivity index (χ1n) is 7.74. The van der Waals surface area contributed by atoms with E-state index in [4.69, 9.17) is 4.42 Å². The summed E-state index contributed by atoms with van der Waals surface area (Å²) in [4.78, 5) is 12.1. The summed E-state index contributed by atoms with van der Waals surface area (Å²) < 4.78 is 5.71. The summed E-state index contributed by atoms with van der Waals surface area (Å²) in [5.74, 6) is 0.652. The molecule has 108 valence electrons. The van der Waals surface area contributed by atoms with Crippen LogP contribution < -0.4 is 0 Å². The Morgan fingerprint density at radius 1 is 1.10 bits per heavy atom. The van der Waals surface area contributed by atoms with Crippen molar-refractivity contribution in [3.05, 3.63) is 35.6 Å². The van der Waals surface area contributed by atoms with Crippen molar-refractivity contribution in [1.82, 2.24) is 0 Å². The minimum absolute atomic E-state index is 0.135. The highest BCUT2D eigenvalue weighted by molar-refractivity contribution is 5.98. The molecule has 0 unspecified atom stereocenters. The Bertz CT molecular complexity index is 566. The number of hydrogen-bond acceptors (Lipinski definition) is 2. The Morgan fingerprint density at radius 2 is 1.85 bits per heavy atom. The zero-order valence-electron chi connectivity index (χ0n) is 12.6. The first-order valence-corrected chi connectivity index (χ1v) is 7.74. The standard InChI is InChI=1S/C18H24O2/c1-3-4-5-6-7-8-12-16(19)17-13-15-11-9-10-14(2)18(15)20-17/h9-11,13H,3-8,12H2,1-2H3. The monoisotopic (exact) mass is 272 g/mol. The summed E-state index contributed by atoms with van der Waals surface area (Å²) in [5, 5.41) is 1.02. The summed E-state index contributed by atoms with van der Waals surface area (Å²) in [5.41, 5.74) is 1.93. The Hall–Kier alpha value is -1.57. The van der Waals surface area contributed by atoms with Gasteiger partial charge in [0, 0.05) is 11.8 Å². The van der Waals surface area contributed by atoms with Gasteiger partial charge in [0.2, 0.25) is 0 Å². The number of furan rings is 1. The molecule has 0 aliphatic heterocycles. The van der Waals surface area contributed by atoms with Gasteiger partial charge in [-0.15, -0.1) is 0 Å². The molecule has 20 heavy (non-hydrogen) atoms. The van der Waals surface area contributed by atoms with Crippen LogP contribution in [-0.4, -0.2) is 5.78 Å². The molecule has 0 spiro atoms. The quantitative estimate of drug-likeness (QED) is 0.457. The smallest absolute Gasteiger partial charge is 0.198 e. The largest absolute Gasteiger partial charge is 0.453 e. The van der Waals surface area contributed by atoms with Crippen molar-refractivity contribution in [3.8, 4) is 0 Å². The number of unbranched alkanes of at least 4 members (excludes halogenated alkanes) is 5. The number of hydrogen-bond donors (Lipinski definition) is 0. The summed E-state index contributed by atoms with van der Waals surface area (Å²) in [6.45, 7) is 4.22. The van der Waals surface area contributed by atoms with E-state index in [1.54, 1.807) is 0 Å². The average molecular weight is 272 g/mol. The van der Waals surface area contributed by atoms with Crippen molar-refractivity contribution in [2.45, 2.75) is 58.8 Å². The van der Waals surface area contributed by atoms with Crippen LogP contribution in [0.1, 0.15) is 68.0 Å². The van der Waals surface area contributed by atoms with Gasteiger partial charge in [-0.25, -0.2) is 0 Å². The number of ketones is 1. The van der Waals surface area contributed by atoms with Crippen molar-refractivity contribution in [2.24, 2.45) is 0 Å². The maximum absolute atomic E-state index is 12.1. The molecule has 2 rings (SSSR count). The molecule has 0 saturated heterocycles. The van der Waals surface area contributed by atoms with E-state index in [2.05, 4.69) is 6.92 Å². The second-order valence-electron chi connectivity index (χ2n) is 5.54. The van der Waals surface area contributed by atoms with E-state index in [1.165, 1.54) is 25.7 Å². The number of rotatable bonds is 8. The number of Topliss-reactive ketones (excluding diaryl/α,β-unsaturated/α-hetero) is 1. The van der Waals surface area contributed by atoms with Crippen LogP contribution in [0.2, 0.25) is 0 Å². The Morgan fingerprint density at radius 3 is 2.60 bits per heavy atom. The van der Waals surface area contributed by atoms with Crippen molar-refractivity contribution in [3.63, 3.8) is 0 Å². The number of para-hydroxylation sites is 1. The van der Waals surface area contributed by atoms with E-state index < -0.39 is 0 Å². The third-order valence-electron chi connectivity index (χ3n) is 3.77. The molecule has 2 heteroatoms. The fourth-order valence-electron chi connectivity index (χ4n) is 2.54. The van der Waals surface area contributed by atoms with Gasteiger partial charge in [0.1, 0.15) is 5.58 Å². The molecule has 0 bridgehead atoms. The van der Waals surface area contributed by atoms with Crippen LogP contribution in [0.3, 0.4) is 0 Å². The molecular formula is C18H24O2. The van der Waals surface area contributed by atoms with E-state index >= 15 is 0 Å². The molecule has 0 atom stereocenters. The lowest BCUT2D eigenvalue weighted by molar-refractivity contribution is 0.0954. The summed E-state index contributed by atoms with van der Waals surface area (Å²) in [6, 6.07) is 7.87. The van der Waals surface area contributed by atoms with E-state index in [0.29, 0.717) is 12.2 Å². The van der Waals surface area contributed by atoms with Crippen LogP contribution >= 0.6 is 0 Å². The molecule has 2 aromatic rings. The summed E-state index contributed by atoms with van der Waals surface area (Å²) in [7, 11) is 0. The lowest BCUT2D eigenvalue weighted by atomic mass is 10.1. The number of aryl methyl sites for hydroxylation is 1. The molecule has 1 aromatic heterocycles.